The summed E-state index contributed by atoms with van der Waals surface area (Å²) in [5, 5.41) is 2.37. The van der Waals surface area contributed by atoms with Crippen LogP contribution in [0.4, 0.5) is 0 Å². The maximum atomic E-state index is 6.51. The van der Waals surface area contributed by atoms with Gasteiger partial charge < -0.3 is 4.42 Å². The van der Waals surface area contributed by atoms with E-state index in [1.807, 2.05) is 6.07 Å². The second kappa shape index (κ2) is 6.63. The molecule has 0 spiro atoms. The van der Waals surface area contributed by atoms with Gasteiger partial charge in [0.25, 0.3) is 0 Å². The molecule has 0 bridgehead atoms. The van der Waals surface area contributed by atoms with Crippen molar-refractivity contribution in [2.24, 2.45) is 0 Å². The Morgan fingerprint density at radius 1 is 0.517 bits per heavy atom. The Bertz CT molecular complexity index is 1300. The first kappa shape index (κ1) is 17.8. The quantitative estimate of drug-likeness (QED) is 0.302. The van der Waals surface area contributed by atoms with Crippen LogP contribution in [0.25, 0.3) is 44.2 Å². The van der Waals surface area contributed by atoms with E-state index in [4.69, 9.17) is 4.42 Å². The van der Waals surface area contributed by atoms with Crippen LogP contribution in [0.15, 0.2) is 95.4 Å². The van der Waals surface area contributed by atoms with Crippen LogP contribution in [0.2, 0.25) is 0 Å². The Balaban J connectivity index is 1.68. The number of hydrogen-bond donors (Lipinski definition) is 0. The van der Waals surface area contributed by atoms with E-state index < -0.39 is 0 Å². The number of hydrogen-bond acceptors (Lipinski definition) is 1. The van der Waals surface area contributed by atoms with Gasteiger partial charge in [0.15, 0.2) is 0 Å². The summed E-state index contributed by atoms with van der Waals surface area (Å²) in [5.74, 6) is 0. The molecule has 4 aromatic carbocycles. The fourth-order valence-corrected chi connectivity index (χ4v) is 4.11. The van der Waals surface area contributed by atoms with E-state index in [0.29, 0.717) is 0 Å². The third-order valence-electron chi connectivity index (χ3n) is 5.64. The topological polar surface area (TPSA) is 13.1 Å². The van der Waals surface area contributed by atoms with Crippen molar-refractivity contribution in [1.82, 2.24) is 0 Å². The zero-order chi connectivity index (χ0) is 20.0. The minimum absolute atomic E-state index is 0.0326. The molecule has 1 heteroatoms. The van der Waals surface area contributed by atoms with Crippen LogP contribution < -0.4 is 0 Å². The maximum Gasteiger partial charge on any atom is 0.143 e. The minimum atomic E-state index is 0.0326. The monoisotopic (exact) mass is 376 g/mol. The number of rotatable bonds is 2. The first-order chi connectivity index (χ1) is 14.0. The van der Waals surface area contributed by atoms with Gasteiger partial charge in [-0.15, -0.1) is 0 Å². The van der Waals surface area contributed by atoms with Gasteiger partial charge in [0.2, 0.25) is 0 Å². The summed E-state index contributed by atoms with van der Waals surface area (Å²) in [5.41, 5.74) is 8.01. The van der Waals surface area contributed by atoms with Crippen molar-refractivity contribution in [2.45, 2.75) is 26.2 Å². The minimum Gasteiger partial charge on any atom is -0.455 e. The second-order valence-electron chi connectivity index (χ2n) is 8.66. The van der Waals surface area contributed by atoms with E-state index in [1.54, 1.807) is 0 Å². The Morgan fingerprint density at radius 3 is 1.79 bits per heavy atom. The van der Waals surface area contributed by atoms with Crippen LogP contribution in [0.1, 0.15) is 26.3 Å². The van der Waals surface area contributed by atoms with Crippen LogP contribution in [-0.4, -0.2) is 0 Å². The summed E-state index contributed by atoms with van der Waals surface area (Å²) in [4.78, 5) is 0. The van der Waals surface area contributed by atoms with Crippen LogP contribution in [-0.2, 0) is 5.41 Å². The van der Waals surface area contributed by atoms with Gasteiger partial charge in [-0.3, -0.25) is 0 Å². The lowest BCUT2D eigenvalue weighted by molar-refractivity contribution is 0.573. The van der Waals surface area contributed by atoms with Crippen LogP contribution in [0.3, 0.4) is 0 Å². The highest BCUT2D eigenvalue weighted by Gasteiger charge is 2.21. The van der Waals surface area contributed by atoms with Crippen molar-refractivity contribution in [2.75, 3.05) is 0 Å². The second-order valence-corrected chi connectivity index (χ2v) is 8.66. The normalized spacial score (nSPS) is 12.0. The van der Waals surface area contributed by atoms with Crippen molar-refractivity contribution < 1.29 is 4.42 Å². The molecule has 142 valence electrons. The molecule has 0 fully saturated rings. The van der Waals surface area contributed by atoms with Gasteiger partial charge in [-0.05, 0) is 22.1 Å². The van der Waals surface area contributed by atoms with Gasteiger partial charge in [0.05, 0.1) is 0 Å². The number of furan rings is 1. The molecular weight excluding hydrogens is 352 g/mol. The zero-order valence-electron chi connectivity index (χ0n) is 17.1. The molecule has 5 aromatic rings. The van der Waals surface area contributed by atoms with Crippen LogP contribution in [0, 0.1) is 0 Å². The zero-order valence-corrected chi connectivity index (χ0v) is 17.1. The lowest BCUT2D eigenvalue weighted by atomic mass is 9.86. The molecule has 5 rings (SSSR count). The van der Waals surface area contributed by atoms with Crippen molar-refractivity contribution >= 4 is 21.9 Å². The molecule has 29 heavy (non-hydrogen) atoms. The van der Waals surface area contributed by atoms with E-state index in [1.165, 1.54) is 33.0 Å². The van der Waals surface area contributed by atoms with Crippen molar-refractivity contribution in [3.8, 4) is 22.3 Å². The standard InChI is InChI=1S/C28H24O/c1-28(2,3)25-14-8-13-24-23-12-7-11-22(26(23)29-27(24)25)21-17-15-20(16-18-21)19-9-5-4-6-10-19/h4-18H,1-3H3. The SMILES string of the molecule is CC(C)(C)c1cccc2c1oc1c(-c3ccc(-c4ccccc4)cc3)cccc12. The van der Waals surface area contributed by atoms with E-state index >= 15 is 0 Å². The predicted octanol–water partition coefficient (Wildman–Crippen LogP) is 8.22. The molecule has 0 radical (unpaired) electrons. The molecule has 0 saturated heterocycles. The van der Waals surface area contributed by atoms with E-state index in [2.05, 4.69) is 106 Å². The number of benzene rings is 4. The summed E-state index contributed by atoms with van der Waals surface area (Å²) in [7, 11) is 0. The molecule has 0 aliphatic rings. The summed E-state index contributed by atoms with van der Waals surface area (Å²) in [6.45, 7) is 6.70. The highest BCUT2D eigenvalue weighted by Crippen LogP contribution is 2.40. The molecule has 0 atom stereocenters. The highest BCUT2D eigenvalue weighted by atomic mass is 16.3. The Kier molecular flexibility index (Phi) is 4.06. The van der Waals surface area contributed by atoms with Crippen LogP contribution in [0.5, 0.6) is 0 Å². The lowest BCUT2D eigenvalue weighted by Gasteiger charge is -2.18. The number of fused-ring (bicyclic) bond motifs is 3. The van der Waals surface area contributed by atoms with Crippen molar-refractivity contribution in [1.29, 1.82) is 0 Å². The Hall–Kier alpha value is -3.32. The molecule has 0 saturated carbocycles. The van der Waals surface area contributed by atoms with E-state index in [9.17, 15) is 0 Å². The summed E-state index contributed by atoms with van der Waals surface area (Å²) < 4.78 is 6.51. The molecule has 0 N–H and O–H groups in total. The molecule has 0 unspecified atom stereocenters. The van der Waals surface area contributed by atoms with Gasteiger partial charge in [-0.1, -0.05) is 112 Å². The summed E-state index contributed by atoms with van der Waals surface area (Å²) in [6, 6.07) is 32.2. The third kappa shape index (κ3) is 3.03. The van der Waals surface area contributed by atoms with Gasteiger partial charge in [-0.25, -0.2) is 0 Å². The molecule has 1 aromatic heterocycles. The van der Waals surface area contributed by atoms with Gasteiger partial charge in [0.1, 0.15) is 11.2 Å². The maximum absolute atomic E-state index is 6.51. The predicted molar refractivity (Wildman–Crippen MR) is 123 cm³/mol. The molecule has 1 nitrogen and oxygen atoms in total. The van der Waals surface area contributed by atoms with E-state index in [0.717, 1.165) is 16.7 Å². The summed E-state index contributed by atoms with van der Waals surface area (Å²) >= 11 is 0. The van der Waals surface area contributed by atoms with Gasteiger partial charge >= 0.3 is 0 Å². The Morgan fingerprint density at radius 2 is 1.10 bits per heavy atom. The highest BCUT2D eigenvalue weighted by molar-refractivity contribution is 6.10. The average Bonchev–Trinajstić information content (AvgIpc) is 3.12. The van der Waals surface area contributed by atoms with Crippen molar-refractivity contribution in [3.63, 3.8) is 0 Å². The number of para-hydroxylation sites is 2. The first-order valence-corrected chi connectivity index (χ1v) is 10.1. The fraction of sp³-hybridized carbons (Fsp3) is 0.143. The first-order valence-electron chi connectivity index (χ1n) is 10.1. The molecule has 0 amide bonds. The molecule has 0 aliphatic carbocycles. The van der Waals surface area contributed by atoms with Gasteiger partial charge in [-0.2, -0.15) is 0 Å². The summed E-state index contributed by atoms with van der Waals surface area (Å²) in [6.07, 6.45) is 0. The van der Waals surface area contributed by atoms with E-state index in [-0.39, 0.29) is 5.41 Å². The molecule has 0 aliphatic heterocycles. The smallest absolute Gasteiger partial charge is 0.143 e. The largest absolute Gasteiger partial charge is 0.455 e. The lowest BCUT2D eigenvalue weighted by Crippen LogP contribution is -2.10. The van der Waals surface area contributed by atoms with Gasteiger partial charge in [0, 0.05) is 21.9 Å². The molecule has 1 heterocycles. The van der Waals surface area contributed by atoms with Crippen molar-refractivity contribution in [3.05, 3.63) is 96.6 Å². The average molecular weight is 376 g/mol. The molecular formula is C28H24O. The fourth-order valence-electron chi connectivity index (χ4n) is 4.11. The van der Waals surface area contributed by atoms with Crippen LogP contribution >= 0.6 is 0 Å². The Labute approximate surface area is 171 Å². The third-order valence-corrected chi connectivity index (χ3v) is 5.64.